The molecule has 0 amide bonds. The fourth-order valence-electron chi connectivity index (χ4n) is 2.45. The van der Waals surface area contributed by atoms with Crippen molar-refractivity contribution in [3.05, 3.63) is 39.7 Å². The summed E-state index contributed by atoms with van der Waals surface area (Å²) in [5.74, 6) is 0.907. The smallest absolute Gasteiger partial charge is 0.302 e. The molecule has 1 aromatic carbocycles. The molecule has 0 atom stereocenters. The van der Waals surface area contributed by atoms with Crippen LogP contribution in [0.1, 0.15) is 50.0 Å². The maximum absolute atomic E-state index is 12.8. The van der Waals surface area contributed by atoms with E-state index in [0.717, 1.165) is 42.6 Å². The molecule has 0 unspecified atom stereocenters. The van der Waals surface area contributed by atoms with Gasteiger partial charge in [0.1, 0.15) is 5.82 Å². The van der Waals surface area contributed by atoms with Gasteiger partial charge in [-0.05, 0) is 36.7 Å². The van der Waals surface area contributed by atoms with Gasteiger partial charge >= 0.3 is 6.18 Å². The van der Waals surface area contributed by atoms with Crippen LogP contribution in [0, 0.1) is 10.1 Å². The predicted octanol–water partition coefficient (Wildman–Crippen LogP) is 4.81. The number of hydrogen-bond donors (Lipinski definition) is 0. The number of nitro groups is 1. The Morgan fingerprint density at radius 3 is 2.52 bits per heavy atom. The van der Waals surface area contributed by atoms with Crippen molar-refractivity contribution in [2.45, 2.75) is 54.9 Å². The van der Waals surface area contributed by atoms with E-state index in [0.29, 0.717) is 11.2 Å². The van der Waals surface area contributed by atoms with Crippen molar-refractivity contribution in [2.75, 3.05) is 0 Å². The van der Waals surface area contributed by atoms with Crippen LogP contribution in [0.25, 0.3) is 0 Å². The number of aromatic nitrogens is 3. The highest BCUT2D eigenvalue weighted by atomic mass is 32.2. The quantitative estimate of drug-likeness (QED) is 0.556. The molecule has 0 bridgehead atoms. The van der Waals surface area contributed by atoms with Crippen molar-refractivity contribution in [3.8, 4) is 0 Å². The number of nitro benzene ring substituents is 1. The summed E-state index contributed by atoms with van der Waals surface area (Å²) in [6.07, 6.45) is -2.69. The Kier molecular flexibility index (Phi) is 4.48. The third-order valence-electron chi connectivity index (χ3n) is 3.80. The summed E-state index contributed by atoms with van der Waals surface area (Å²) in [7, 11) is 0. The first kappa shape index (κ1) is 17.7. The van der Waals surface area contributed by atoms with Crippen molar-refractivity contribution >= 4 is 17.4 Å². The molecular formula is C15H15F3N4O2S. The van der Waals surface area contributed by atoms with Gasteiger partial charge in [-0.15, -0.1) is 10.2 Å². The van der Waals surface area contributed by atoms with Gasteiger partial charge in [0.25, 0.3) is 5.69 Å². The number of rotatable bonds is 5. The Morgan fingerprint density at radius 1 is 1.32 bits per heavy atom. The SMILES string of the molecule is CC(C)c1nnc(Sc2ccc(C(F)(F)F)cc2[N+](=O)[O-])n1C1CC1. The summed E-state index contributed by atoms with van der Waals surface area (Å²) in [6, 6.07) is 2.77. The van der Waals surface area contributed by atoms with Crippen LogP contribution in [0.2, 0.25) is 0 Å². The van der Waals surface area contributed by atoms with E-state index in [1.807, 2.05) is 18.4 Å². The van der Waals surface area contributed by atoms with Crippen molar-refractivity contribution in [2.24, 2.45) is 0 Å². The summed E-state index contributed by atoms with van der Waals surface area (Å²) in [5.41, 5.74) is -1.63. The second kappa shape index (κ2) is 6.32. The minimum atomic E-state index is -4.63. The molecular weight excluding hydrogens is 357 g/mol. The monoisotopic (exact) mass is 372 g/mol. The highest BCUT2D eigenvalue weighted by molar-refractivity contribution is 7.99. The topological polar surface area (TPSA) is 73.8 Å². The first-order valence-electron chi connectivity index (χ1n) is 7.66. The zero-order valence-electron chi connectivity index (χ0n) is 13.4. The van der Waals surface area contributed by atoms with E-state index in [1.165, 1.54) is 0 Å². The third kappa shape index (κ3) is 3.63. The van der Waals surface area contributed by atoms with Crippen LogP contribution in [-0.4, -0.2) is 19.7 Å². The fraction of sp³-hybridized carbons (Fsp3) is 0.467. The Hall–Kier alpha value is -2.10. The Morgan fingerprint density at radius 2 is 2.00 bits per heavy atom. The second-order valence-corrected chi connectivity index (χ2v) is 7.15. The van der Waals surface area contributed by atoms with Gasteiger partial charge in [0.05, 0.1) is 15.4 Å². The maximum atomic E-state index is 12.8. The van der Waals surface area contributed by atoms with Crippen LogP contribution >= 0.6 is 11.8 Å². The lowest BCUT2D eigenvalue weighted by molar-refractivity contribution is -0.388. The standard InChI is InChI=1S/C15H15F3N4O2S/c1-8(2)13-19-20-14(21(13)10-4-5-10)25-12-6-3-9(15(16,17)18)7-11(12)22(23)24/h3,6-8,10H,4-5H2,1-2H3. The molecule has 6 nitrogen and oxygen atoms in total. The normalized spacial score (nSPS) is 15.0. The van der Waals surface area contributed by atoms with Gasteiger partial charge < -0.3 is 4.57 Å². The number of halogens is 3. The van der Waals surface area contributed by atoms with Gasteiger partial charge in [0, 0.05) is 18.0 Å². The summed E-state index contributed by atoms with van der Waals surface area (Å²) in [6.45, 7) is 3.94. The van der Waals surface area contributed by atoms with E-state index >= 15 is 0 Å². The van der Waals surface area contributed by atoms with Gasteiger partial charge in [-0.2, -0.15) is 13.2 Å². The van der Waals surface area contributed by atoms with Crippen LogP contribution in [0.15, 0.2) is 28.3 Å². The lowest BCUT2D eigenvalue weighted by Gasteiger charge is -2.11. The van der Waals surface area contributed by atoms with E-state index in [9.17, 15) is 23.3 Å². The summed E-state index contributed by atoms with van der Waals surface area (Å²) in [5, 5.41) is 19.9. The van der Waals surface area contributed by atoms with Crippen molar-refractivity contribution in [1.82, 2.24) is 14.8 Å². The second-order valence-electron chi connectivity index (χ2n) is 6.14. The highest BCUT2D eigenvalue weighted by Gasteiger charge is 2.34. The minimum absolute atomic E-state index is 0.114. The molecule has 0 spiro atoms. The molecule has 1 aromatic heterocycles. The fourth-order valence-corrected chi connectivity index (χ4v) is 3.44. The van der Waals surface area contributed by atoms with E-state index in [-0.39, 0.29) is 16.9 Å². The van der Waals surface area contributed by atoms with Crippen LogP contribution in [0.5, 0.6) is 0 Å². The molecule has 3 rings (SSSR count). The number of benzene rings is 1. The van der Waals surface area contributed by atoms with E-state index in [1.54, 1.807) is 0 Å². The zero-order chi connectivity index (χ0) is 18.4. The molecule has 0 radical (unpaired) electrons. The van der Waals surface area contributed by atoms with E-state index in [4.69, 9.17) is 0 Å². The minimum Gasteiger partial charge on any atom is -0.302 e. The lowest BCUT2D eigenvalue weighted by atomic mass is 10.2. The lowest BCUT2D eigenvalue weighted by Crippen LogP contribution is -2.06. The molecule has 10 heteroatoms. The predicted molar refractivity (Wildman–Crippen MR) is 84.6 cm³/mol. The summed E-state index contributed by atoms with van der Waals surface area (Å²) < 4.78 is 40.4. The van der Waals surface area contributed by atoms with E-state index in [2.05, 4.69) is 10.2 Å². The van der Waals surface area contributed by atoms with Crippen LogP contribution in [0.3, 0.4) is 0 Å². The summed E-state index contributed by atoms with van der Waals surface area (Å²) >= 11 is 0.975. The number of nitrogens with zero attached hydrogens (tertiary/aromatic N) is 4. The maximum Gasteiger partial charge on any atom is 0.416 e. The van der Waals surface area contributed by atoms with Crippen LogP contribution in [0.4, 0.5) is 18.9 Å². The van der Waals surface area contributed by atoms with Gasteiger partial charge in [0.2, 0.25) is 0 Å². The molecule has 0 N–H and O–H groups in total. The summed E-state index contributed by atoms with van der Waals surface area (Å²) in [4.78, 5) is 10.5. The average Bonchev–Trinajstić information content (AvgIpc) is 3.26. The molecule has 1 aliphatic carbocycles. The highest BCUT2D eigenvalue weighted by Crippen LogP contribution is 2.44. The van der Waals surface area contributed by atoms with Gasteiger partial charge in [-0.1, -0.05) is 13.8 Å². The largest absolute Gasteiger partial charge is 0.416 e. The van der Waals surface area contributed by atoms with Crippen molar-refractivity contribution in [3.63, 3.8) is 0 Å². The third-order valence-corrected chi connectivity index (χ3v) is 4.83. The molecule has 2 aromatic rings. The first-order valence-corrected chi connectivity index (χ1v) is 8.48. The molecule has 1 saturated carbocycles. The zero-order valence-corrected chi connectivity index (χ0v) is 14.3. The van der Waals surface area contributed by atoms with E-state index < -0.39 is 22.4 Å². The van der Waals surface area contributed by atoms with Crippen molar-refractivity contribution in [1.29, 1.82) is 0 Å². The van der Waals surface area contributed by atoms with Crippen molar-refractivity contribution < 1.29 is 18.1 Å². The molecule has 134 valence electrons. The number of alkyl halides is 3. The van der Waals surface area contributed by atoms with Gasteiger partial charge in [-0.25, -0.2) is 0 Å². The molecule has 0 aliphatic heterocycles. The Bertz CT molecular complexity index is 816. The average molecular weight is 372 g/mol. The molecule has 1 fully saturated rings. The van der Waals surface area contributed by atoms with Crippen LogP contribution < -0.4 is 0 Å². The Balaban J connectivity index is 2.00. The van der Waals surface area contributed by atoms with Gasteiger partial charge in [0.15, 0.2) is 5.16 Å². The Labute approximate surface area is 145 Å². The molecule has 25 heavy (non-hydrogen) atoms. The van der Waals surface area contributed by atoms with Crippen LogP contribution in [-0.2, 0) is 6.18 Å². The number of hydrogen-bond acceptors (Lipinski definition) is 5. The molecule has 0 saturated heterocycles. The molecule has 1 aliphatic rings. The first-order chi connectivity index (χ1) is 11.7. The van der Waals surface area contributed by atoms with Gasteiger partial charge in [-0.3, -0.25) is 10.1 Å². The molecule has 1 heterocycles.